The van der Waals surface area contributed by atoms with Gasteiger partial charge in [0.25, 0.3) is 5.69 Å². The van der Waals surface area contributed by atoms with Crippen LogP contribution in [0.3, 0.4) is 0 Å². The number of non-ortho nitro benzene ring substituents is 1. The Morgan fingerprint density at radius 1 is 1.00 bits per heavy atom. The van der Waals surface area contributed by atoms with E-state index in [2.05, 4.69) is 31.0 Å². The Morgan fingerprint density at radius 3 is 2.52 bits per heavy atom. The summed E-state index contributed by atoms with van der Waals surface area (Å²) in [4.78, 5) is 32.9. The largest absolute Gasteiger partial charge is 0.309 e. The molecule has 2 heterocycles. The third kappa shape index (κ3) is 4.38. The number of hydrogen-bond donors (Lipinski definition) is 0. The molecule has 0 bridgehead atoms. The van der Waals surface area contributed by atoms with Gasteiger partial charge >= 0.3 is 5.91 Å². The molecule has 11 heteroatoms. The van der Waals surface area contributed by atoms with Crippen molar-refractivity contribution in [1.29, 1.82) is 0 Å². The summed E-state index contributed by atoms with van der Waals surface area (Å²) < 4.78 is 2.70. The van der Waals surface area contributed by atoms with E-state index < -0.39 is 10.8 Å². The highest BCUT2D eigenvalue weighted by molar-refractivity contribution is 9.10. The molecule has 0 aliphatic rings. The number of aromatic nitrogens is 2. The second kappa shape index (κ2) is 8.77. The van der Waals surface area contributed by atoms with Crippen molar-refractivity contribution in [3.63, 3.8) is 0 Å². The van der Waals surface area contributed by atoms with E-state index in [9.17, 15) is 14.9 Å². The van der Waals surface area contributed by atoms with Crippen molar-refractivity contribution in [2.75, 3.05) is 5.01 Å². The number of carbonyl (C=O) groups is 1. The molecule has 33 heavy (non-hydrogen) atoms. The first-order valence-corrected chi connectivity index (χ1v) is 11.9. The molecule has 0 fully saturated rings. The van der Waals surface area contributed by atoms with E-state index in [-0.39, 0.29) is 10.7 Å². The number of hydrogen-bond acceptors (Lipinski definition) is 8. The highest BCUT2D eigenvalue weighted by Crippen LogP contribution is 2.33. The van der Waals surface area contributed by atoms with Crippen LogP contribution >= 0.6 is 38.6 Å². The highest BCUT2D eigenvalue weighted by atomic mass is 79.9. The topological polar surface area (TPSA) is 102 Å². The minimum absolute atomic E-state index is 0.0219. The van der Waals surface area contributed by atoms with Crippen molar-refractivity contribution in [2.45, 2.75) is 0 Å². The Balaban J connectivity index is 1.55. The molecule has 0 saturated carbocycles. The quantitative estimate of drug-likeness (QED) is 0.149. The number of halogens is 1. The summed E-state index contributed by atoms with van der Waals surface area (Å²) in [5.41, 5.74) is 2.06. The number of fused-ring (bicyclic) bond motifs is 2. The van der Waals surface area contributed by atoms with Crippen molar-refractivity contribution >= 4 is 82.0 Å². The zero-order chi connectivity index (χ0) is 22.9. The van der Waals surface area contributed by atoms with Crippen LogP contribution in [0.5, 0.6) is 0 Å². The summed E-state index contributed by atoms with van der Waals surface area (Å²) >= 11 is 6.07. The van der Waals surface area contributed by atoms with Gasteiger partial charge in [0, 0.05) is 16.6 Å². The third-order valence-electron chi connectivity index (χ3n) is 4.62. The Bertz CT molecular complexity index is 1510. The van der Waals surface area contributed by atoms with E-state index >= 15 is 0 Å². The van der Waals surface area contributed by atoms with Crippen molar-refractivity contribution in [3.05, 3.63) is 91.9 Å². The summed E-state index contributed by atoms with van der Waals surface area (Å²) in [6, 6.07) is 19.1. The molecule has 0 radical (unpaired) electrons. The number of hydrazone groups is 1. The van der Waals surface area contributed by atoms with Gasteiger partial charge in [-0.25, -0.2) is 9.97 Å². The van der Waals surface area contributed by atoms with Crippen LogP contribution in [-0.4, -0.2) is 27.0 Å². The minimum Gasteiger partial charge on any atom is -0.264 e. The average molecular weight is 538 g/mol. The van der Waals surface area contributed by atoms with Gasteiger partial charge in [-0.3, -0.25) is 14.9 Å². The molecular formula is C22H12BrN5O3S2. The number of thiazole rings is 2. The minimum atomic E-state index is -0.469. The third-order valence-corrected chi connectivity index (χ3v) is 7.13. The van der Waals surface area contributed by atoms with Crippen molar-refractivity contribution in [1.82, 2.24) is 9.97 Å². The molecule has 5 rings (SSSR count). The van der Waals surface area contributed by atoms with Crippen LogP contribution < -0.4 is 5.01 Å². The normalized spacial score (nSPS) is 11.4. The van der Waals surface area contributed by atoms with Gasteiger partial charge < -0.3 is 0 Å². The predicted molar refractivity (Wildman–Crippen MR) is 134 cm³/mol. The van der Waals surface area contributed by atoms with Gasteiger partial charge in [0.2, 0.25) is 5.13 Å². The maximum Gasteiger partial charge on any atom is 0.309 e. The number of benzene rings is 3. The first kappa shape index (κ1) is 21.3. The average Bonchev–Trinajstić information content (AvgIpc) is 3.43. The van der Waals surface area contributed by atoms with Gasteiger partial charge in [0.05, 0.1) is 31.6 Å². The molecule has 0 spiro atoms. The standard InChI is InChI=1S/C22H12BrN5O3S2/c23-14-7-10-17-19(11-14)33-22(26-17)27(24-12-13-5-8-15(9-6-13)28(30)31)21(29)20-25-16-3-1-2-4-18(16)32-20/h1-12H/b24-12+. The number of nitrogens with zero attached hydrogens (tertiary/aromatic N) is 5. The van der Waals surface area contributed by atoms with Gasteiger partial charge in [-0.05, 0) is 48.0 Å². The monoisotopic (exact) mass is 537 g/mol. The van der Waals surface area contributed by atoms with Crippen LogP contribution in [0.15, 0.2) is 76.3 Å². The van der Waals surface area contributed by atoms with Crippen LogP contribution in [-0.2, 0) is 0 Å². The zero-order valence-electron chi connectivity index (χ0n) is 16.6. The molecule has 0 saturated heterocycles. The number of nitro benzene ring substituents is 1. The van der Waals surface area contributed by atoms with Crippen LogP contribution in [0.25, 0.3) is 20.4 Å². The fraction of sp³-hybridized carbons (Fsp3) is 0. The Labute approximate surface area is 203 Å². The predicted octanol–water partition coefficient (Wildman–Crippen LogP) is 6.26. The van der Waals surface area contributed by atoms with E-state index in [1.54, 1.807) is 12.1 Å². The fourth-order valence-corrected chi connectivity index (χ4v) is 5.39. The maximum atomic E-state index is 13.5. The summed E-state index contributed by atoms with van der Waals surface area (Å²) in [6.45, 7) is 0. The number of amides is 1. The molecule has 2 aromatic heterocycles. The van der Waals surface area contributed by atoms with Crippen molar-refractivity contribution < 1.29 is 9.72 Å². The molecule has 3 aromatic carbocycles. The molecule has 0 aliphatic carbocycles. The van der Waals surface area contributed by atoms with E-state index in [1.807, 2.05) is 42.5 Å². The molecule has 0 unspecified atom stereocenters. The molecule has 1 amide bonds. The van der Waals surface area contributed by atoms with E-state index in [0.29, 0.717) is 10.7 Å². The fourth-order valence-electron chi connectivity index (χ4n) is 3.03. The lowest BCUT2D eigenvalue weighted by molar-refractivity contribution is -0.384. The van der Waals surface area contributed by atoms with Crippen LogP contribution in [0, 0.1) is 10.1 Å². The van der Waals surface area contributed by atoms with Gasteiger partial charge in [0.1, 0.15) is 0 Å². The lowest BCUT2D eigenvalue weighted by atomic mass is 10.2. The van der Waals surface area contributed by atoms with Gasteiger partial charge in [-0.2, -0.15) is 10.1 Å². The number of carbonyl (C=O) groups excluding carboxylic acids is 1. The van der Waals surface area contributed by atoms with Crippen LogP contribution in [0.4, 0.5) is 10.8 Å². The second-order valence-electron chi connectivity index (χ2n) is 6.81. The summed E-state index contributed by atoms with van der Waals surface area (Å²) in [5.74, 6) is -0.410. The number of nitro groups is 1. The highest BCUT2D eigenvalue weighted by Gasteiger charge is 2.24. The molecule has 0 aliphatic heterocycles. The van der Waals surface area contributed by atoms with Gasteiger partial charge in [-0.1, -0.05) is 39.4 Å². The molecule has 0 N–H and O–H groups in total. The van der Waals surface area contributed by atoms with E-state index in [4.69, 9.17) is 0 Å². The second-order valence-corrected chi connectivity index (χ2v) is 9.76. The maximum absolute atomic E-state index is 13.5. The Morgan fingerprint density at radius 2 is 1.76 bits per heavy atom. The number of para-hydroxylation sites is 1. The molecule has 5 aromatic rings. The van der Waals surface area contributed by atoms with E-state index in [0.717, 1.165) is 24.9 Å². The summed E-state index contributed by atoms with van der Waals surface area (Å²) in [7, 11) is 0. The van der Waals surface area contributed by atoms with Crippen LogP contribution in [0.2, 0.25) is 0 Å². The van der Waals surface area contributed by atoms with Crippen molar-refractivity contribution in [3.8, 4) is 0 Å². The lowest BCUT2D eigenvalue weighted by Gasteiger charge is -2.11. The number of rotatable bonds is 5. The van der Waals surface area contributed by atoms with Crippen LogP contribution in [0.1, 0.15) is 15.4 Å². The first-order valence-electron chi connectivity index (χ1n) is 9.52. The van der Waals surface area contributed by atoms with E-state index in [1.165, 1.54) is 46.0 Å². The molecule has 8 nitrogen and oxygen atoms in total. The SMILES string of the molecule is O=C(c1nc2ccccc2s1)N(/N=C/c1ccc([N+](=O)[O-])cc1)c1nc2ccc(Br)cc2s1. The molecule has 0 atom stereocenters. The Kier molecular flexibility index (Phi) is 5.67. The lowest BCUT2D eigenvalue weighted by Crippen LogP contribution is -2.25. The smallest absolute Gasteiger partial charge is 0.264 e. The first-order chi connectivity index (χ1) is 16.0. The van der Waals surface area contributed by atoms with Gasteiger partial charge in [-0.15, -0.1) is 11.3 Å². The summed E-state index contributed by atoms with van der Waals surface area (Å²) in [6.07, 6.45) is 1.47. The zero-order valence-corrected chi connectivity index (χ0v) is 19.8. The number of anilines is 1. The summed E-state index contributed by atoms with van der Waals surface area (Å²) in [5, 5.41) is 17.2. The molecular weight excluding hydrogens is 526 g/mol. The molecule has 162 valence electrons. The Hall–Kier alpha value is -3.54. The van der Waals surface area contributed by atoms with Crippen molar-refractivity contribution in [2.24, 2.45) is 5.10 Å². The van der Waals surface area contributed by atoms with Gasteiger partial charge in [0.15, 0.2) is 5.01 Å².